The molecule has 29 heavy (non-hydrogen) atoms. The molecule has 1 heterocycles. The molecule has 2 N–H and O–H groups in total. The number of phenolic OH excluding ortho intramolecular Hbond substituents is 1. The lowest BCUT2D eigenvalue weighted by Crippen LogP contribution is -3.13. The van der Waals surface area contributed by atoms with Crippen molar-refractivity contribution >= 4 is 10.0 Å². The van der Waals surface area contributed by atoms with Gasteiger partial charge in [0, 0.05) is 5.56 Å². The Labute approximate surface area is 175 Å². The van der Waals surface area contributed by atoms with E-state index in [1.165, 1.54) is 10.5 Å². The van der Waals surface area contributed by atoms with Crippen molar-refractivity contribution in [3.05, 3.63) is 58.1 Å². The molecule has 0 aromatic heterocycles. The first-order chi connectivity index (χ1) is 13.6. The van der Waals surface area contributed by atoms with Crippen LogP contribution in [0.2, 0.25) is 0 Å². The van der Waals surface area contributed by atoms with E-state index in [-0.39, 0.29) is 0 Å². The molecule has 2 aromatic carbocycles. The van der Waals surface area contributed by atoms with E-state index in [1.807, 2.05) is 39.0 Å². The summed E-state index contributed by atoms with van der Waals surface area (Å²) in [7, 11) is -3.47. The monoisotopic (exact) mass is 417 g/mol. The Morgan fingerprint density at radius 2 is 1.69 bits per heavy atom. The Kier molecular flexibility index (Phi) is 6.36. The predicted molar refractivity (Wildman–Crippen MR) is 116 cm³/mol. The Balaban J connectivity index is 1.71. The van der Waals surface area contributed by atoms with E-state index in [0.29, 0.717) is 36.2 Å². The summed E-state index contributed by atoms with van der Waals surface area (Å²) in [5.41, 5.74) is 5.06. The lowest BCUT2D eigenvalue weighted by molar-refractivity contribution is -0.917. The minimum atomic E-state index is -3.47. The number of phenols is 1. The molecule has 0 amide bonds. The number of benzene rings is 2. The molecule has 3 rings (SSSR count). The minimum absolute atomic E-state index is 0.338. The number of hydrogen-bond acceptors (Lipinski definition) is 3. The third-order valence-corrected chi connectivity index (χ3v) is 7.96. The summed E-state index contributed by atoms with van der Waals surface area (Å²) in [6.07, 6.45) is 0. The molecule has 1 aliphatic rings. The molecule has 1 aliphatic heterocycles. The Morgan fingerprint density at radius 1 is 1.03 bits per heavy atom. The number of hydrogen-bond donors (Lipinski definition) is 2. The van der Waals surface area contributed by atoms with Gasteiger partial charge in [0.05, 0.1) is 31.1 Å². The number of nitrogens with one attached hydrogen (secondary N) is 1. The summed E-state index contributed by atoms with van der Waals surface area (Å²) in [6.45, 7) is 13.3. The highest BCUT2D eigenvalue weighted by Gasteiger charge is 2.31. The van der Waals surface area contributed by atoms with Gasteiger partial charge in [-0.15, -0.1) is 0 Å². The van der Waals surface area contributed by atoms with E-state index in [1.54, 1.807) is 10.4 Å². The molecule has 0 saturated carbocycles. The van der Waals surface area contributed by atoms with Gasteiger partial charge in [-0.2, -0.15) is 4.31 Å². The van der Waals surface area contributed by atoms with Crippen LogP contribution in [0.15, 0.2) is 35.2 Å². The molecule has 0 aliphatic carbocycles. The molecular weight excluding hydrogens is 384 g/mol. The van der Waals surface area contributed by atoms with Gasteiger partial charge in [0.25, 0.3) is 0 Å². The standard InChI is InChI=1S/C23H32N2O3S/c1-16(2)21-14-20(22(26)13-19(21)5)15-24-8-10-25(11-9-24)29(27,28)23-12-17(3)6-7-18(23)4/h6-7,12-14,16,26H,8-11,15H2,1-5H3/p+1. The van der Waals surface area contributed by atoms with E-state index in [2.05, 4.69) is 19.9 Å². The second kappa shape index (κ2) is 8.46. The molecule has 5 nitrogen and oxygen atoms in total. The van der Waals surface area contributed by atoms with Gasteiger partial charge in [0.15, 0.2) is 0 Å². The molecule has 0 unspecified atom stereocenters. The highest BCUT2D eigenvalue weighted by molar-refractivity contribution is 7.89. The van der Waals surface area contributed by atoms with E-state index in [0.717, 1.165) is 35.3 Å². The summed E-state index contributed by atoms with van der Waals surface area (Å²) in [5, 5.41) is 10.4. The Bertz CT molecular complexity index is 991. The van der Waals surface area contributed by atoms with Gasteiger partial charge in [-0.1, -0.05) is 26.0 Å². The van der Waals surface area contributed by atoms with Crippen LogP contribution in [-0.2, 0) is 16.6 Å². The fourth-order valence-electron chi connectivity index (χ4n) is 4.13. The summed E-state index contributed by atoms with van der Waals surface area (Å²) in [5.74, 6) is 0.744. The van der Waals surface area contributed by atoms with Crippen molar-refractivity contribution in [3.8, 4) is 5.75 Å². The number of quaternary nitrogens is 1. The molecule has 0 bridgehead atoms. The molecular formula is C23H33N2O3S+. The molecule has 2 aromatic rings. The van der Waals surface area contributed by atoms with Gasteiger partial charge in [0.1, 0.15) is 12.3 Å². The molecule has 158 valence electrons. The first-order valence-corrected chi connectivity index (χ1v) is 11.8. The normalized spacial score (nSPS) is 16.5. The maximum Gasteiger partial charge on any atom is 0.243 e. The SMILES string of the molecule is Cc1ccc(C)c(S(=O)(=O)N2CC[NH+](Cc3cc(C(C)C)c(C)cc3O)CC2)c1. The van der Waals surface area contributed by atoms with Crippen molar-refractivity contribution in [2.75, 3.05) is 26.2 Å². The van der Waals surface area contributed by atoms with Crippen LogP contribution in [0.1, 0.15) is 47.6 Å². The fourth-order valence-corrected chi connectivity index (χ4v) is 5.88. The summed E-state index contributed by atoms with van der Waals surface area (Å²) < 4.78 is 27.8. The van der Waals surface area contributed by atoms with Gasteiger partial charge in [0.2, 0.25) is 10.0 Å². The molecule has 1 saturated heterocycles. The Morgan fingerprint density at radius 3 is 2.31 bits per heavy atom. The quantitative estimate of drug-likeness (QED) is 0.786. The van der Waals surface area contributed by atoms with Crippen LogP contribution >= 0.6 is 0 Å². The van der Waals surface area contributed by atoms with Gasteiger partial charge >= 0.3 is 0 Å². The minimum Gasteiger partial charge on any atom is -0.507 e. The lowest BCUT2D eigenvalue weighted by Gasteiger charge is -2.32. The second-order valence-corrected chi connectivity index (χ2v) is 10.5. The van der Waals surface area contributed by atoms with Crippen LogP contribution in [0.4, 0.5) is 0 Å². The van der Waals surface area contributed by atoms with Crippen LogP contribution in [0.25, 0.3) is 0 Å². The van der Waals surface area contributed by atoms with E-state index in [4.69, 9.17) is 0 Å². The van der Waals surface area contributed by atoms with Gasteiger partial charge in [-0.25, -0.2) is 8.42 Å². The molecule has 0 spiro atoms. The van der Waals surface area contributed by atoms with Crippen LogP contribution in [0.5, 0.6) is 5.75 Å². The zero-order valence-electron chi connectivity index (χ0n) is 18.1. The van der Waals surface area contributed by atoms with Crippen LogP contribution in [0.3, 0.4) is 0 Å². The van der Waals surface area contributed by atoms with Crippen LogP contribution < -0.4 is 4.90 Å². The average molecular weight is 418 g/mol. The number of sulfonamides is 1. The Hall–Kier alpha value is -1.89. The van der Waals surface area contributed by atoms with E-state index < -0.39 is 10.0 Å². The maximum absolute atomic E-state index is 13.1. The topological polar surface area (TPSA) is 62.0 Å². The summed E-state index contributed by atoms with van der Waals surface area (Å²) in [4.78, 5) is 1.71. The zero-order chi connectivity index (χ0) is 21.3. The van der Waals surface area contributed by atoms with Crippen molar-refractivity contribution < 1.29 is 18.4 Å². The van der Waals surface area contributed by atoms with Crippen molar-refractivity contribution in [1.82, 2.24) is 4.31 Å². The first-order valence-electron chi connectivity index (χ1n) is 10.3. The predicted octanol–water partition coefficient (Wildman–Crippen LogP) is 2.53. The second-order valence-electron chi connectivity index (χ2n) is 8.59. The van der Waals surface area contributed by atoms with E-state index in [9.17, 15) is 13.5 Å². The maximum atomic E-state index is 13.1. The molecule has 0 radical (unpaired) electrons. The molecule has 6 heteroatoms. The van der Waals surface area contributed by atoms with Crippen molar-refractivity contribution in [2.24, 2.45) is 0 Å². The van der Waals surface area contributed by atoms with Crippen molar-refractivity contribution in [3.63, 3.8) is 0 Å². The number of nitrogens with zero attached hydrogens (tertiary/aromatic N) is 1. The molecule has 0 atom stereocenters. The number of rotatable bonds is 5. The largest absolute Gasteiger partial charge is 0.507 e. The number of aryl methyl sites for hydroxylation is 3. The van der Waals surface area contributed by atoms with E-state index >= 15 is 0 Å². The van der Waals surface area contributed by atoms with Gasteiger partial charge in [-0.05, 0) is 67.1 Å². The third-order valence-electron chi connectivity index (χ3n) is 5.92. The average Bonchev–Trinajstić information content (AvgIpc) is 2.66. The summed E-state index contributed by atoms with van der Waals surface area (Å²) >= 11 is 0. The van der Waals surface area contributed by atoms with Gasteiger partial charge in [-0.3, -0.25) is 0 Å². The number of piperazine rings is 1. The van der Waals surface area contributed by atoms with Crippen molar-refractivity contribution in [2.45, 2.75) is 52.0 Å². The third kappa shape index (κ3) is 4.65. The zero-order valence-corrected chi connectivity index (χ0v) is 18.9. The fraction of sp³-hybridized carbons (Fsp3) is 0.478. The van der Waals surface area contributed by atoms with Crippen LogP contribution in [-0.4, -0.2) is 44.0 Å². The van der Waals surface area contributed by atoms with Crippen LogP contribution in [0, 0.1) is 20.8 Å². The van der Waals surface area contributed by atoms with Crippen molar-refractivity contribution in [1.29, 1.82) is 0 Å². The number of aromatic hydroxyl groups is 1. The first kappa shape index (κ1) is 21.8. The highest BCUT2D eigenvalue weighted by atomic mass is 32.2. The highest BCUT2D eigenvalue weighted by Crippen LogP contribution is 2.27. The summed E-state index contributed by atoms with van der Waals surface area (Å²) in [6, 6.07) is 9.54. The lowest BCUT2D eigenvalue weighted by atomic mass is 9.95. The van der Waals surface area contributed by atoms with Gasteiger partial charge < -0.3 is 10.0 Å². The molecule has 1 fully saturated rings. The smallest absolute Gasteiger partial charge is 0.243 e.